The molecule has 0 aliphatic carbocycles. The first kappa shape index (κ1) is 14.4. The molecule has 2 rings (SSSR count). The Morgan fingerprint density at radius 3 is 3.00 bits per heavy atom. The van der Waals surface area contributed by atoms with Crippen LogP contribution in [0.2, 0.25) is 0 Å². The molecule has 0 aromatic heterocycles. The zero-order valence-electron chi connectivity index (χ0n) is 11.6. The van der Waals surface area contributed by atoms with Gasteiger partial charge in [-0.2, -0.15) is 5.26 Å². The molecule has 0 spiro atoms. The van der Waals surface area contributed by atoms with Gasteiger partial charge in [0, 0.05) is 12.1 Å². The number of carbonyl (C=O) groups is 1. The second-order valence-corrected chi connectivity index (χ2v) is 5.02. The Morgan fingerprint density at radius 2 is 2.35 bits per heavy atom. The van der Waals surface area contributed by atoms with Crippen molar-refractivity contribution in [2.24, 2.45) is 5.73 Å². The van der Waals surface area contributed by atoms with Crippen LogP contribution in [0.15, 0.2) is 18.2 Å². The zero-order valence-corrected chi connectivity index (χ0v) is 11.6. The van der Waals surface area contributed by atoms with E-state index in [4.69, 9.17) is 15.7 Å². The van der Waals surface area contributed by atoms with E-state index in [0.29, 0.717) is 12.1 Å². The molecule has 1 heterocycles. The van der Waals surface area contributed by atoms with Gasteiger partial charge in [0.1, 0.15) is 5.75 Å². The van der Waals surface area contributed by atoms with Crippen LogP contribution in [-0.4, -0.2) is 30.5 Å². The van der Waals surface area contributed by atoms with Gasteiger partial charge in [0.05, 0.1) is 24.8 Å². The largest absolute Gasteiger partial charge is 0.496 e. The summed E-state index contributed by atoms with van der Waals surface area (Å²) in [7, 11) is 1.60. The van der Waals surface area contributed by atoms with Crippen LogP contribution in [0.5, 0.6) is 5.75 Å². The molecule has 1 atom stereocenters. The number of likely N-dealkylation sites (tertiary alicyclic amines) is 1. The van der Waals surface area contributed by atoms with E-state index in [0.717, 1.165) is 37.1 Å². The van der Waals surface area contributed by atoms with Gasteiger partial charge in [0.2, 0.25) is 5.91 Å². The molecule has 0 saturated carbocycles. The van der Waals surface area contributed by atoms with Crippen LogP contribution in [0.3, 0.4) is 0 Å². The standard InChI is InChI=1S/C15H19N3O2/c1-20-14-6-5-11(9-16)8-12(14)10-18-7-3-2-4-13(18)15(17)19/h5-6,8,13H,2-4,7,10H2,1H3,(H2,17,19). The number of rotatable bonds is 4. The summed E-state index contributed by atoms with van der Waals surface area (Å²) in [5.41, 5.74) is 6.98. The average Bonchev–Trinajstić information content (AvgIpc) is 2.47. The molecule has 0 radical (unpaired) electrons. The number of hydrogen-bond donors (Lipinski definition) is 1. The number of methoxy groups -OCH3 is 1. The molecule has 1 amide bonds. The van der Waals surface area contributed by atoms with E-state index in [1.807, 2.05) is 6.07 Å². The van der Waals surface area contributed by atoms with Crippen molar-refractivity contribution in [2.75, 3.05) is 13.7 Å². The number of nitrogens with two attached hydrogens (primary N) is 1. The van der Waals surface area contributed by atoms with Crippen LogP contribution in [0, 0.1) is 11.3 Å². The summed E-state index contributed by atoms with van der Waals surface area (Å²) in [5, 5.41) is 8.99. The van der Waals surface area contributed by atoms with Crippen molar-refractivity contribution in [1.29, 1.82) is 5.26 Å². The van der Waals surface area contributed by atoms with Crippen molar-refractivity contribution in [3.8, 4) is 11.8 Å². The monoisotopic (exact) mass is 273 g/mol. The minimum atomic E-state index is -0.278. The highest BCUT2D eigenvalue weighted by molar-refractivity contribution is 5.79. The summed E-state index contributed by atoms with van der Waals surface area (Å²) in [6.45, 7) is 1.42. The minimum absolute atomic E-state index is 0.223. The van der Waals surface area contributed by atoms with Gasteiger partial charge < -0.3 is 10.5 Å². The summed E-state index contributed by atoms with van der Waals surface area (Å²) in [6, 6.07) is 7.23. The lowest BCUT2D eigenvalue weighted by Crippen LogP contribution is -2.47. The number of nitriles is 1. The lowest BCUT2D eigenvalue weighted by Gasteiger charge is -2.33. The average molecular weight is 273 g/mol. The van der Waals surface area contributed by atoms with Crippen LogP contribution in [0.25, 0.3) is 0 Å². The van der Waals surface area contributed by atoms with E-state index < -0.39 is 0 Å². The fourth-order valence-corrected chi connectivity index (χ4v) is 2.69. The molecule has 1 aliphatic rings. The predicted octanol–water partition coefficient (Wildman–Crippen LogP) is 1.41. The SMILES string of the molecule is COc1ccc(C#N)cc1CN1CCCCC1C(N)=O. The Labute approximate surface area is 118 Å². The number of piperidine rings is 1. The van der Waals surface area contributed by atoms with Crippen molar-refractivity contribution < 1.29 is 9.53 Å². The molecule has 1 fully saturated rings. The van der Waals surface area contributed by atoms with Gasteiger partial charge in [-0.15, -0.1) is 0 Å². The fraction of sp³-hybridized carbons (Fsp3) is 0.467. The van der Waals surface area contributed by atoms with Crippen molar-refractivity contribution in [1.82, 2.24) is 4.90 Å². The summed E-state index contributed by atoms with van der Waals surface area (Å²) < 4.78 is 5.33. The first-order valence-corrected chi connectivity index (χ1v) is 6.76. The molecule has 1 aromatic carbocycles. The number of benzene rings is 1. The molecule has 106 valence electrons. The second kappa shape index (κ2) is 6.40. The van der Waals surface area contributed by atoms with Gasteiger partial charge >= 0.3 is 0 Å². The van der Waals surface area contributed by atoms with Gasteiger partial charge in [-0.3, -0.25) is 9.69 Å². The molecular weight excluding hydrogens is 254 g/mol. The highest BCUT2D eigenvalue weighted by Crippen LogP contribution is 2.25. The quantitative estimate of drug-likeness (QED) is 0.899. The first-order valence-electron chi connectivity index (χ1n) is 6.76. The molecule has 0 bridgehead atoms. The zero-order chi connectivity index (χ0) is 14.5. The van der Waals surface area contributed by atoms with Crippen LogP contribution < -0.4 is 10.5 Å². The number of ether oxygens (including phenoxy) is 1. The predicted molar refractivity (Wildman–Crippen MR) is 75.0 cm³/mol. The fourth-order valence-electron chi connectivity index (χ4n) is 2.69. The number of amides is 1. The van der Waals surface area contributed by atoms with E-state index in [9.17, 15) is 4.79 Å². The minimum Gasteiger partial charge on any atom is -0.496 e. The molecule has 1 aliphatic heterocycles. The molecule has 20 heavy (non-hydrogen) atoms. The topological polar surface area (TPSA) is 79.3 Å². The van der Waals surface area contributed by atoms with Crippen molar-refractivity contribution in [3.05, 3.63) is 29.3 Å². The van der Waals surface area contributed by atoms with Crippen LogP contribution in [0.4, 0.5) is 0 Å². The van der Waals surface area contributed by atoms with E-state index in [2.05, 4.69) is 11.0 Å². The maximum atomic E-state index is 11.5. The third kappa shape index (κ3) is 3.09. The summed E-state index contributed by atoms with van der Waals surface area (Å²) in [6.07, 6.45) is 2.89. The molecule has 5 heteroatoms. The van der Waals surface area contributed by atoms with E-state index >= 15 is 0 Å². The first-order chi connectivity index (χ1) is 9.65. The van der Waals surface area contributed by atoms with Gasteiger partial charge in [-0.1, -0.05) is 6.42 Å². The maximum Gasteiger partial charge on any atom is 0.234 e. The molecule has 2 N–H and O–H groups in total. The Hall–Kier alpha value is -2.06. The lowest BCUT2D eigenvalue weighted by molar-refractivity contribution is -0.124. The Balaban J connectivity index is 2.23. The smallest absolute Gasteiger partial charge is 0.234 e. The summed E-state index contributed by atoms with van der Waals surface area (Å²) in [4.78, 5) is 13.6. The van der Waals surface area contributed by atoms with Crippen LogP contribution in [0.1, 0.15) is 30.4 Å². The third-order valence-corrected chi connectivity index (χ3v) is 3.73. The Bertz CT molecular complexity index is 536. The van der Waals surface area contributed by atoms with E-state index in [-0.39, 0.29) is 11.9 Å². The van der Waals surface area contributed by atoms with Crippen LogP contribution >= 0.6 is 0 Å². The van der Waals surface area contributed by atoms with E-state index in [1.54, 1.807) is 19.2 Å². The summed E-state index contributed by atoms with van der Waals surface area (Å²) in [5.74, 6) is 0.456. The number of nitrogens with zero attached hydrogens (tertiary/aromatic N) is 2. The second-order valence-electron chi connectivity index (χ2n) is 5.02. The maximum absolute atomic E-state index is 11.5. The molecule has 1 saturated heterocycles. The number of carbonyl (C=O) groups excluding carboxylic acids is 1. The van der Waals surface area contributed by atoms with E-state index in [1.165, 1.54) is 0 Å². The van der Waals surface area contributed by atoms with Gasteiger partial charge in [0.15, 0.2) is 0 Å². The van der Waals surface area contributed by atoms with Gasteiger partial charge in [0.25, 0.3) is 0 Å². The molecular formula is C15H19N3O2. The van der Waals surface area contributed by atoms with Crippen LogP contribution in [-0.2, 0) is 11.3 Å². The van der Waals surface area contributed by atoms with Crippen molar-refractivity contribution >= 4 is 5.91 Å². The van der Waals surface area contributed by atoms with Crippen molar-refractivity contribution in [2.45, 2.75) is 31.8 Å². The highest BCUT2D eigenvalue weighted by atomic mass is 16.5. The molecule has 1 unspecified atom stereocenters. The van der Waals surface area contributed by atoms with Gasteiger partial charge in [-0.25, -0.2) is 0 Å². The van der Waals surface area contributed by atoms with Gasteiger partial charge in [-0.05, 0) is 37.6 Å². The number of hydrogen-bond acceptors (Lipinski definition) is 4. The highest BCUT2D eigenvalue weighted by Gasteiger charge is 2.27. The third-order valence-electron chi connectivity index (χ3n) is 3.73. The Morgan fingerprint density at radius 1 is 1.55 bits per heavy atom. The molecule has 5 nitrogen and oxygen atoms in total. The lowest BCUT2D eigenvalue weighted by atomic mass is 10.00. The Kier molecular flexibility index (Phi) is 4.59. The normalized spacial score (nSPS) is 19.3. The summed E-state index contributed by atoms with van der Waals surface area (Å²) >= 11 is 0. The van der Waals surface area contributed by atoms with Crippen molar-refractivity contribution in [3.63, 3.8) is 0 Å². The molecule has 1 aromatic rings. The number of primary amides is 1.